The first kappa shape index (κ1) is 49.9. The summed E-state index contributed by atoms with van der Waals surface area (Å²) in [6.07, 6.45) is 11.8. The van der Waals surface area contributed by atoms with Gasteiger partial charge in [0.15, 0.2) is 5.78 Å². The number of anilines is 3. The molecule has 0 amide bonds. The van der Waals surface area contributed by atoms with Crippen LogP contribution in [0.4, 0.5) is 25.7 Å². The molecule has 1 aliphatic rings. The molecule has 0 aliphatic heterocycles. The number of nitrogens with zero attached hydrogens (tertiary/aromatic N) is 2. The number of carbonyl (C=O) groups is 2. The highest BCUT2D eigenvalue weighted by Gasteiger charge is 2.43. The van der Waals surface area contributed by atoms with Crippen molar-refractivity contribution in [2.24, 2.45) is 0 Å². The number of hydrogen-bond donors (Lipinski definition) is 1. The number of allylic oxidation sites excluding steroid dienone is 1. The van der Waals surface area contributed by atoms with Gasteiger partial charge in [-0.2, -0.15) is 0 Å². The van der Waals surface area contributed by atoms with Gasteiger partial charge in [-0.3, -0.25) is 13.4 Å². The van der Waals surface area contributed by atoms with Crippen molar-refractivity contribution in [3.05, 3.63) is 154 Å². The molecule has 1 aliphatic carbocycles. The predicted octanol–water partition coefficient (Wildman–Crippen LogP) is 16.5. The SMILES string of the molecule is CCCCCCC1(CCCCCC)c2cc(/C(=C\C(=O)c3ccc(C(=O)O)cc3)N(B(F)F)C(C)C)ccc2-c2ccc(N(c3ccc(C(C)(C)C)cc3)c3ccc(C(C)(C)C)cc3)cc21. The summed E-state index contributed by atoms with van der Waals surface area (Å²) in [6.45, 7) is 21.3. The minimum absolute atomic E-state index is 0.00247. The molecule has 5 nitrogen and oxygen atoms in total. The number of carboxylic acid groups (broad SMARTS) is 1. The second-order valence-corrected chi connectivity index (χ2v) is 20.7. The Hall–Kier alpha value is -5.50. The lowest BCUT2D eigenvalue weighted by atomic mass is 9.70. The highest BCUT2D eigenvalue weighted by molar-refractivity contribution is 6.42. The molecular formula is C58H71BF2N2O3. The van der Waals surface area contributed by atoms with Gasteiger partial charge in [-0.05, 0) is 131 Å². The Bertz CT molecular complexity index is 2400. The molecule has 0 atom stereocenters. The molecule has 5 aromatic carbocycles. The fourth-order valence-electron chi connectivity index (χ4n) is 9.72. The minimum Gasteiger partial charge on any atom is -0.478 e. The number of ketones is 1. The molecule has 66 heavy (non-hydrogen) atoms. The van der Waals surface area contributed by atoms with Crippen LogP contribution in [0.3, 0.4) is 0 Å². The van der Waals surface area contributed by atoms with Crippen LogP contribution >= 0.6 is 0 Å². The largest absolute Gasteiger partial charge is 0.673 e. The van der Waals surface area contributed by atoms with Gasteiger partial charge in [0, 0.05) is 45.9 Å². The van der Waals surface area contributed by atoms with E-state index in [4.69, 9.17) is 0 Å². The Kier molecular flexibility index (Phi) is 15.9. The molecular weight excluding hydrogens is 821 g/mol. The number of fused-ring (bicyclic) bond motifs is 3. The van der Waals surface area contributed by atoms with Crippen LogP contribution in [0.1, 0.15) is 182 Å². The van der Waals surface area contributed by atoms with Crippen LogP contribution in [0.2, 0.25) is 0 Å². The standard InChI is InChI=1S/C58H71BF2N2O3/c1-11-13-15-17-35-58(36-18-16-14-12-2)51-37-43(53(63(40(3)4)59(60)61)39-54(64)41-19-21-42(22-20-41)55(65)66)23-33-49(51)50-34-32-48(38-52(50)58)62(46-28-24-44(25-29-46)56(5,6)7)47-30-26-45(27-31-47)57(8,9)10/h19-34,37-40H,11-18,35-36H2,1-10H3,(H,65,66)/b53-39+. The number of rotatable bonds is 20. The summed E-state index contributed by atoms with van der Waals surface area (Å²) >= 11 is 0. The summed E-state index contributed by atoms with van der Waals surface area (Å²) in [5.41, 5.74) is 10.9. The summed E-state index contributed by atoms with van der Waals surface area (Å²) in [6, 6.07) is 35.9. The molecule has 5 aromatic rings. The molecule has 0 fully saturated rings. The zero-order valence-electron chi connectivity index (χ0n) is 41.1. The number of carbonyl (C=O) groups excluding carboxylic acids is 1. The third-order valence-corrected chi connectivity index (χ3v) is 13.5. The monoisotopic (exact) mass is 893 g/mol. The molecule has 0 saturated heterocycles. The van der Waals surface area contributed by atoms with Gasteiger partial charge in [0.2, 0.25) is 0 Å². The van der Waals surface area contributed by atoms with Crippen molar-refractivity contribution in [2.75, 3.05) is 4.90 Å². The maximum atomic E-state index is 15.3. The van der Waals surface area contributed by atoms with Crippen LogP contribution < -0.4 is 4.90 Å². The predicted molar refractivity (Wildman–Crippen MR) is 273 cm³/mol. The molecule has 8 heteroatoms. The second-order valence-electron chi connectivity index (χ2n) is 20.7. The maximum absolute atomic E-state index is 15.3. The second kappa shape index (κ2) is 21.0. The Morgan fingerprint density at radius 3 is 1.48 bits per heavy atom. The molecule has 0 spiro atoms. The fraction of sp³-hybridized carbons (Fsp3) is 0.414. The zero-order chi connectivity index (χ0) is 48.0. The van der Waals surface area contributed by atoms with Crippen LogP contribution in [0.15, 0.2) is 115 Å². The molecule has 348 valence electrons. The third-order valence-electron chi connectivity index (χ3n) is 13.5. The zero-order valence-corrected chi connectivity index (χ0v) is 41.1. The van der Waals surface area contributed by atoms with Gasteiger partial charge in [0.25, 0.3) is 0 Å². The smallest absolute Gasteiger partial charge is 0.478 e. The summed E-state index contributed by atoms with van der Waals surface area (Å²) in [4.78, 5) is 28.9. The van der Waals surface area contributed by atoms with Gasteiger partial charge in [-0.25, -0.2) is 4.79 Å². The quantitative estimate of drug-likeness (QED) is 0.0365. The van der Waals surface area contributed by atoms with E-state index in [-0.39, 0.29) is 27.7 Å². The molecule has 0 aromatic heterocycles. The average Bonchev–Trinajstić information content (AvgIpc) is 3.54. The number of hydrogen-bond acceptors (Lipinski definition) is 4. The summed E-state index contributed by atoms with van der Waals surface area (Å²) in [7, 11) is -2.87. The van der Waals surface area contributed by atoms with Gasteiger partial charge in [-0.15, -0.1) is 0 Å². The van der Waals surface area contributed by atoms with Crippen LogP contribution in [0.5, 0.6) is 0 Å². The first-order valence-electron chi connectivity index (χ1n) is 24.3. The van der Waals surface area contributed by atoms with E-state index in [1.54, 1.807) is 13.8 Å². The summed E-state index contributed by atoms with van der Waals surface area (Å²) < 4.78 is 30.5. The van der Waals surface area contributed by atoms with E-state index in [9.17, 15) is 14.7 Å². The van der Waals surface area contributed by atoms with Crippen LogP contribution in [0.25, 0.3) is 16.8 Å². The molecule has 0 unspecified atom stereocenters. The first-order valence-corrected chi connectivity index (χ1v) is 24.3. The van der Waals surface area contributed by atoms with Crippen molar-refractivity contribution in [3.8, 4) is 11.1 Å². The van der Waals surface area contributed by atoms with Crippen molar-refractivity contribution in [1.82, 2.24) is 4.81 Å². The molecule has 0 saturated carbocycles. The van der Waals surface area contributed by atoms with Gasteiger partial charge in [-0.1, -0.05) is 161 Å². The summed E-state index contributed by atoms with van der Waals surface area (Å²) in [5, 5.41) is 9.47. The number of carboxylic acids is 1. The van der Waals surface area contributed by atoms with Crippen molar-refractivity contribution in [2.45, 2.75) is 156 Å². The Balaban J connectivity index is 1.58. The van der Waals surface area contributed by atoms with E-state index in [0.717, 1.165) is 103 Å². The topological polar surface area (TPSA) is 60.9 Å². The number of aromatic carboxylic acids is 1. The highest BCUT2D eigenvalue weighted by atomic mass is 19.2. The maximum Gasteiger partial charge on any atom is 0.673 e. The van der Waals surface area contributed by atoms with Crippen molar-refractivity contribution < 1.29 is 23.3 Å². The Morgan fingerprint density at radius 2 is 1.05 bits per heavy atom. The summed E-state index contributed by atoms with van der Waals surface area (Å²) in [5.74, 6) is -1.58. The Morgan fingerprint density at radius 1 is 0.606 bits per heavy atom. The molecule has 1 N–H and O–H groups in total. The number of unbranched alkanes of at least 4 members (excludes halogenated alkanes) is 6. The lowest BCUT2D eigenvalue weighted by Crippen LogP contribution is -2.37. The molecule has 0 radical (unpaired) electrons. The van der Waals surface area contributed by atoms with E-state index in [2.05, 4.69) is 139 Å². The molecule has 6 rings (SSSR count). The van der Waals surface area contributed by atoms with Gasteiger partial charge >= 0.3 is 13.4 Å². The van der Waals surface area contributed by atoms with E-state index in [0.29, 0.717) is 5.56 Å². The van der Waals surface area contributed by atoms with E-state index < -0.39 is 30.6 Å². The normalized spacial score (nSPS) is 13.4. The average molecular weight is 893 g/mol. The highest BCUT2D eigenvalue weighted by Crippen LogP contribution is 2.56. The van der Waals surface area contributed by atoms with E-state index in [1.165, 1.54) is 47.0 Å². The number of benzene rings is 5. The number of halogens is 2. The fourth-order valence-corrected chi connectivity index (χ4v) is 9.72. The molecule has 0 heterocycles. The minimum atomic E-state index is -2.87. The first-order chi connectivity index (χ1) is 31.3. The van der Waals surface area contributed by atoms with E-state index in [1.807, 2.05) is 6.07 Å². The van der Waals surface area contributed by atoms with E-state index >= 15 is 8.63 Å². The third kappa shape index (κ3) is 11.0. The van der Waals surface area contributed by atoms with Crippen molar-refractivity contribution in [3.63, 3.8) is 0 Å². The van der Waals surface area contributed by atoms with Crippen LogP contribution in [0, 0.1) is 0 Å². The van der Waals surface area contributed by atoms with Crippen molar-refractivity contribution in [1.29, 1.82) is 0 Å². The van der Waals surface area contributed by atoms with Gasteiger partial charge in [0.05, 0.1) is 5.56 Å². The van der Waals surface area contributed by atoms with Crippen LogP contribution in [-0.4, -0.2) is 35.1 Å². The van der Waals surface area contributed by atoms with Gasteiger partial charge in [0.1, 0.15) is 0 Å². The van der Waals surface area contributed by atoms with Gasteiger partial charge < -0.3 is 14.8 Å². The lowest BCUT2D eigenvalue weighted by molar-refractivity contribution is 0.0696. The lowest BCUT2D eigenvalue weighted by Gasteiger charge is -2.35. The Labute approximate surface area is 394 Å². The van der Waals surface area contributed by atoms with Crippen LogP contribution in [-0.2, 0) is 16.2 Å². The molecule has 0 bridgehead atoms. The van der Waals surface area contributed by atoms with Crippen molar-refractivity contribution >= 4 is 41.9 Å².